The fraction of sp³-hybridized carbons (Fsp3) is 0.407. The molecule has 0 saturated carbocycles. The van der Waals surface area contributed by atoms with Crippen molar-refractivity contribution in [2.45, 2.75) is 52.5 Å². The molecule has 0 N–H and O–H groups in total. The van der Waals surface area contributed by atoms with E-state index < -0.39 is 23.7 Å². The predicted octanol–water partition coefficient (Wildman–Crippen LogP) is 5.75. The number of halogens is 1. The Hall–Kier alpha value is -3.68. The molecule has 1 aliphatic heterocycles. The summed E-state index contributed by atoms with van der Waals surface area (Å²) in [5.74, 6) is 0.223. The van der Waals surface area contributed by atoms with E-state index in [0.29, 0.717) is 23.6 Å². The summed E-state index contributed by atoms with van der Waals surface area (Å²) < 4.78 is 21.9. The zero-order chi connectivity index (χ0) is 25.9. The van der Waals surface area contributed by atoms with E-state index >= 15 is 0 Å². The minimum Gasteiger partial charge on any atom is -0.363 e. The largest absolute Gasteiger partial charge is 0.363 e. The Labute approximate surface area is 210 Å². The van der Waals surface area contributed by atoms with Crippen LogP contribution in [0.25, 0.3) is 21.7 Å². The molecule has 0 bridgehead atoms. The van der Waals surface area contributed by atoms with Gasteiger partial charge in [-0.2, -0.15) is 0 Å². The van der Waals surface area contributed by atoms with E-state index in [-0.39, 0.29) is 24.8 Å². The fourth-order valence-corrected chi connectivity index (χ4v) is 4.73. The van der Waals surface area contributed by atoms with Gasteiger partial charge in [-0.1, -0.05) is 68.4 Å². The predicted molar refractivity (Wildman–Crippen MR) is 135 cm³/mol. The highest BCUT2D eigenvalue weighted by Gasteiger charge is 2.43. The SMILES string of the molecule is CC1O[C@H](CN=[N+]=[N-])CN([C@@H](c2nc(-c3cccc(F)c3)cn2Cc2ccccc2)C(C)(C)C)C1=O. The molecule has 0 spiro atoms. The van der Waals surface area contributed by atoms with Crippen molar-refractivity contribution < 1.29 is 13.9 Å². The van der Waals surface area contributed by atoms with Crippen molar-refractivity contribution in [2.24, 2.45) is 10.5 Å². The number of hydrogen-bond acceptors (Lipinski definition) is 4. The molecule has 9 heteroatoms. The summed E-state index contributed by atoms with van der Waals surface area (Å²) in [6.45, 7) is 8.87. The number of carbonyl (C=O) groups excluding carboxylic acids is 1. The molecule has 36 heavy (non-hydrogen) atoms. The number of hydrogen-bond donors (Lipinski definition) is 0. The second-order valence-corrected chi connectivity index (χ2v) is 10.2. The monoisotopic (exact) mass is 490 g/mol. The van der Waals surface area contributed by atoms with Gasteiger partial charge in [-0.3, -0.25) is 4.79 Å². The Morgan fingerprint density at radius 1 is 1.22 bits per heavy atom. The number of carbonyl (C=O) groups is 1. The van der Waals surface area contributed by atoms with Gasteiger partial charge in [0.15, 0.2) is 0 Å². The standard InChI is InChI=1S/C27H31FN6O2/c1-18-26(35)34(16-22(36-18)14-30-32-29)24(27(2,3)4)25-31-23(20-11-8-12-21(28)13-20)17-33(25)15-19-9-6-5-7-10-19/h5-13,17-18,22,24H,14-16H2,1-4H3/t18?,22-,24+/m1/s1. The van der Waals surface area contributed by atoms with Crippen LogP contribution in [0.5, 0.6) is 0 Å². The quantitative estimate of drug-likeness (QED) is 0.240. The van der Waals surface area contributed by atoms with E-state index in [1.807, 2.05) is 47.2 Å². The summed E-state index contributed by atoms with van der Waals surface area (Å²) in [6.07, 6.45) is 0.822. The summed E-state index contributed by atoms with van der Waals surface area (Å²) in [5.41, 5.74) is 10.8. The second kappa shape index (κ2) is 10.5. The molecular weight excluding hydrogens is 459 g/mol. The van der Waals surface area contributed by atoms with Crippen molar-refractivity contribution in [2.75, 3.05) is 13.1 Å². The smallest absolute Gasteiger partial charge is 0.252 e. The molecule has 1 saturated heterocycles. The molecule has 0 radical (unpaired) electrons. The first-order valence-corrected chi connectivity index (χ1v) is 12.0. The molecule has 1 aliphatic rings. The normalized spacial score (nSPS) is 19.1. The third kappa shape index (κ3) is 5.58. The molecular formula is C27H31FN6O2. The van der Waals surface area contributed by atoms with Gasteiger partial charge in [-0.15, -0.1) is 0 Å². The van der Waals surface area contributed by atoms with Crippen LogP contribution in [-0.2, 0) is 16.1 Å². The Bertz CT molecular complexity index is 1260. The highest BCUT2D eigenvalue weighted by molar-refractivity contribution is 5.81. The number of morpholine rings is 1. The maximum atomic E-state index is 14.0. The number of azide groups is 1. The Kier molecular flexibility index (Phi) is 7.43. The lowest BCUT2D eigenvalue weighted by atomic mass is 9.84. The van der Waals surface area contributed by atoms with Gasteiger partial charge < -0.3 is 14.2 Å². The molecule has 1 unspecified atom stereocenters. The van der Waals surface area contributed by atoms with Gasteiger partial charge in [-0.05, 0) is 35.6 Å². The lowest BCUT2D eigenvalue weighted by Crippen LogP contribution is -2.55. The van der Waals surface area contributed by atoms with Crippen LogP contribution < -0.4 is 0 Å². The van der Waals surface area contributed by atoms with Crippen molar-refractivity contribution >= 4 is 5.91 Å². The van der Waals surface area contributed by atoms with Gasteiger partial charge in [0.05, 0.1) is 24.4 Å². The lowest BCUT2D eigenvalue weighted by Gasteiger charge is -2.45. The second-order valence-electron chi connectivity index (χ2n) is 10.2. The van der Waals surface area contributed by atoms with E-state index in [9.17, 15) is 9.18 Å². The van der Waals surface area contributed by atoms with Crippen LogP contribution in [0, 0.1) is 11.2 Å². The molecule has 188 valence electrons. The van der Waals surface area contributed by atoms with Gasteiger partial charge in [0.2, 0.25) is 0 Å². The Balaban J connectivity index is 1.83. The average Bonchev–Trinajstić information content (AvgIpc) is 3.23. The van der Waals surface area contributed by atoms with Gasteiger partial charge in [0, 0.05) is 29.8 Å². The first kappa shape index (κ1) is 25.4. The molecule has 1 amide bonds. The number of rotatable bonds is 7. The molecule has 3 atom stereocenters. The van der Waals surface area contributed by atoms with Crippen LogP contribution in [0.1, 0.15) is 45.1 Å². The minimum absolute atomic E-state index is 0.133. The molecule has 0 aliphatic carbocycles. The lowest BCUT2D eigenvalue weighted by molar-refractivity contribution is -0.167. The van der Waals surface area contributed by atoms with E-state index in [1.165, 1.54) is 12.1 Å². The summed E-state index contributed by atoms with van der Waals surface area (Å²) in [5, 5.41) is 3.67. The zero-order valence-electron chi connectivity index (χ0n) is 21.0. The van der Waals surface area contributed by atoms with Gasteiger partial charge in [0.25, 0.3) is 5.91 Å². The number of ether oxygens (including phenoxy) is 1. The van der Waals surface area contributed by atoms with Crippen LogP contribution in [0.4, 0.5) is 4.39 Å². The topological polar surface area (TPSA) is 96.1 Å². The first-order valence-electron chi connectivity index (χ1n) is 12.0. The molecule has 3 aromatic rings. The molecule has 1 fully saturated rings. The van der Waals surface area contributed by atoms with Gasteiger partial charge >= 0.3 is 0 Å². The summed E-state index contributed by atoms with van der Waals surface area (Å²) in [4.78, 5) is 23.0. The van der Waals surface area contributed by atoms with Crippen molar-refractivity contribution in [1.82, 2.24) is 14.5 Å². The van der Waals surface area contributed by atoms with Gasteiger partial charge in [0.1, 0.15) is 17.7 Å². The van der Waals surface area contributed by atoms with E-state index in [2.05, 4.69) is 30.8 Å². The average molecular weight is 491 g/mol. The Morgan fingerprint density at radius 3 is 2.64 bits per heavy atom. The third-order valence-electron chi connectivity index (χ3n) is 6.28. The van der Waals surface area contributed by atoms with Crippen LogP contribution in [0.3, 0.4) is 0 Å². The summed E-state index contributed by atoms with van der Waals surface area (Å²) in [6, 6.07) is 15.9. The summed E-state index contributed by atoms with van der Waals surface area (Å²) in [7, 11) is 0. The summed E-state index contributed by atoms with van der Waals surface area (Å²) >= 11 is 0. The van der Waals surface area contributed by atoms with Crippen LogP contribution >= 0.6 is 0 Å². The number of benzene rings is 2. The van der Waals surface area contributed by atoms with E-state index in [1.54, 1.807) is 17.9 Å². The molecule has 2 heterocycles. The zero-order valence-corrected chi connectivity index (χ0v) is 21.0. The Morgan fingerprint density at radius 2 is 1.97 bits per heavy atom. The highest BCUT2D eigenvalue weighted by Crippen LogP contribution is 2.40. The third-order valence-corrected chi connectivity index (χ3v) is 6.28. The van der Waals surface area contributed by atoms with Crippen molar-refractivity contribution in [3.8, 4) is 11.3 Å². The van der Waals surface area contributed by atoms with Crippen LogP contribution in [0.2, 0.25) is 0 Å². The fourth-order valence-electron chi connectivity index (χ4n) is 4.73. The number of aromatic nitrogens is 2. The molecule has 2 aromatic carbocycles. The number of amides is 1. The molecule has 1 aromatic heterocycles. The highest BCUT2D eigenvalue weighted by atomic mass is 19.1. The van der Waals surface area contributed by atoms with Crippen LogP contribution in [0.15, 0.2) is 65.9 Å². The maximum Gasteiger partial charge on any atom is 0.252 e. The molecule has 4 rings (SSSR count). The van der Waals surface area contributed by atoms with Crippen LogP contribution in [-0.4, -0.2) is 45.7 Å². The van der Waals surface area contributed by atoms with Gasteiger partial charge in [-0.25, -0.2) is 9.37 Å². The first-order chi connectivity index (χ1) is 17.2. The molecule has 8 nitrogen and oxygen atoms in total. The van der Waals surface area contributed by atoms with E-state index in [4.69, 9.17) is 15.3 Å². The minimum atomic E-state index is -0.678. The maximum absolute atomic E-state index is 14.0. The van der Waals surface area contributed by atoms with Crippen molar-refractivity contribution in [1.29, 1.82) is 0 Å². The van der Waals surface area contributed by atoms with Crippen molar-refractivity contribution in [3.63, 3.8) is 0 Å². The number of imidazole rings is 1. The van der Waals surface area contributed by atoms with Crippen molar-refractivity contribution in [3.05, 3.63) is 88.4 Å². The van der Waals surface area contributed by atoms with E-state index in [0.717, 1.165) is 5.56 Å². The number of nitrogens with zero attached hydrogens (tertiary/aromatic N) is 6.